The van der Waals surface area contributed by atoms with Crippen molar-refractivity contribution in [2.75, 3.05) is 11.8 Å². The van der Waals surface area contributed by atoms with Crippen LogP contribution in [-0.4, -0.2) is 25.7 Å². The predicted octanol–water partition coefficient (Wildman–Crippen LogP) is 2.16. The van der Waals surface area contributed by atoms with Crippen molar-refractivity contribution in [2.45, 2.75) is 18.4 Å². The molecule has 1 heterocycles. The highest BCUT2D eigenvalue weighted by atomic mass is 35.5. The van der Waals surface area contributed by atoms with Crippen molar-refractivity contribution in [3.63, 3.8) is 0 Å². The maximum atomic E-state index is 14.3. The summed E-state index contributed by atoms with van der Waals surface area (Å²) in [4.78, 5) is -0.520. The van der Waals surface area contributed by atoms with E-state index in [1.165, 1.54) is 6.07 Å². The molecule has 1 aromatic carbocycles. The van der Waals surface area contributed by atoms with Gasteiger partial charge in [0.15, 0.2) is 0 Å². The highest BCUT2D eigenvalue weighted by Crippen LogP contribution is 2.26. The summed E-state index contributed by atoms with van der Waals surface area (Å²) in [6, 6.07) is 2.44. The van der Waals surface area contributed by atoms with E-state index in [-0.39, 0.29) is 22.3 Å². The molecular formula is C11H12ClFN4O2S2. The van der Waals surface area contributed by atoms with E-state index in [4.69, 9.17) is 11.6 Å². The van der Waals surface area contributed by atoms with Crippen LogP contribution in [0.3, 0.4) is 0 Å². The molecule has 0 radical (unpaired) electrons. The molecule has 0 atom stereocenters. The monoisotopic (exact) mass is 350 g/mol. The van der Waals surface area contributed by atoms with Crippen LogP contribution < -0.4 is 10.0 Å². The first-order valence-electron chi connectivity index (χ1n) is 5.79. The topological polar surface area (TPSA) is 84.0 Å². The van der Waals surface area contributed by atoms with E-state index in [0.717, 1.165) is 17.4 Å². The van der Waals surface area contributed by atoms with E-state index in [1.54, 1.807) is 14.0 Å². The number of rotatable bonds is 5. The average molecular weight is 351 g/mol. The largest absolute Gasteiger partial charge is 0.316 e. The maximum absolute atomic E-state index is 14.3. The molecule has 6 nitrogen and oxygen atoms in total. The summed E-state index contributed by atoms with van der Waals surface area (Å²) >= 11 is 6.91. The second kappa shape index (κ2) is 6.22. The van der Waals surface area contributed by atoms with Gasteiger partial charge in [0.1, 0.15) is 15.7 Å². The lowest BCUT2D eigenvalue weighted by atomic mass is 10.2. The fourth-order valence-electron chi connectivity index (χ4n) is 1.64. The van der Waals surface area contributed by atoms with Crippen LogP contribution in [0.1, 0.15) is 10.6 Å². The number of sulfonamides is 1. The summed E-state index contributed by atoms with van der Waals surface area (Å²) in [5.41, 5.74) is 0.166. The van der Waals surface area contributed by atoms with Crippen LogP contribution in [0, 0.1) is 12.7 Å². The third-order valence-electron chi connectivity index (χ3n) is 2.48. The number of nitrogens with one attached hydrogen (secondary N) is 2. The third kappa shape index (κ3) is 3.67. The summed E-state index contributed by atoms with van der Waals surface area (Å²) < 4.78 is 41.0. The van der Waals surface area contributed by atoms with Gasteiger partial charge in [-0.05, 0) is 26.1 Å². The van der Waals surface area contributed by atoms with Crippen molar-refractivity contribution < 1.29 is 12.8 Å². The van der Waals surface area contributed by atoms with Crippen molar-refractivity contribution >= 4 is 38.1 Å². The van der Waals surface area contributed by atoms with E-state index in [1.807, 2.05) is 0 Å². The lowest BCUT2D eigenvalue weighted by Crippen LogP contribution is -2.17. The lowest BCUT2D eigenvalue weighted by molar-refractivity contribution is 0.556. The Morgan fingerprint density at radius 1 is 1.38 bits per heavy atom. The molecule has 2 aromatic rings. The van der Waals surface area contributed by atoms with E-state index >= 15 is 0 Å². The van der Waals surface area contributed by atoms with E-state index in [9.17, 15) is 12.8 Å². The van der Waals surface area contributed by atoms with Crippen molar-refractivity contribution in [2.24, 2.45) is 0 Å². The minimum absolute atomic E-state index is 0.0713. The molecule has 21 heavy (non-hydrogen) atoms. The van der Waals surface area contributed by atoms with Crippen molar-refractivity contribution in [3.8, 4) is 0 Å². The number of halogens is 2. The van der Waals surface area contributed by atoms with Crippen LogP contribution >= 0.6 is 22.9 Å². The quantitative estimate of drug-likeness (QED) is 0.863. The standard InChI is InChI=1S/C11H12ClFN4O2S2/c1-6-15-16-11(20-6)17-21(18,19)9-4-8(12)3-7(5-14-2)10(9)13/h3-4,14H,5H2,1-2H3,(H,16,17). The van der Waals surface area contributed by atoms with Gasteiger partial charge < -0.3 is 5.32 Å². The Morgan fingerprint density at radius 3 is 2.67 bits per heavy atom. The maximum Gasteiger partial charge on any atom is 0.266 e. The number of benzene rings is 1. The first-order chi connectivity index (χ1) is 9.83. The predicted molar refractivity (Wildman–Crippen MR) is 79.6 cm³/mol. The number of hydrogen-bond acceptors (Lipinski definition) is 6. The number of hydrogen-bond donors (Lipinski definition) is 2. The summed E-state index contributed by atoms with van der Waals surface area (Å²) in [6.45, 7) is 1.84. The summed E-state index contributed by atoms with van der Waals surface area (Å²) in [7, 11) is -2.50. The Kier molecular flexibility index (Phi) is 4.77. The van der Waals surface area contributed by atoms with Gasteiger partial charge in [-0.15, -0.1) is 10.2 Å². The molecule has 0 spiro atoms. The minimum Gasteiger partial charge on any atom is -0.316 e. The zero-order valence-electron chi connectivity index (χ0n) is 11.1. The second-order valence-corrected chi connectivity index (χ2v) is 7.41. The lowest BCUT2D eigenvalue weighted by Gasteiger charge is -2.10. The summed E-state index contributed by atoms with van der Waals surface area (Å²) in [6.07, 6.45) is 0. The second-order valence-electron chi connectivity index (χ2n) is 4.14. The fourth-order valence-corrected chi connectivity index (χ4v) is 3.91. The summed E-state index contributed by atoms with van der Waals surface area (Å²) in [5.74, 6) is -0.845. The van der Waals surface area contributed by atoms with Gasteiger partial charge in [0.2, 0.25) is 5.13 Å². The molecule has 0 amide bonds. The first kappa shape index (κ1) is 16.1. The van der Waals surface area contributed by atoms with Crippen molar-refractivity contribution in [1.29, 1.82) is 0 Å². The van der Waals surface area contributed by atoms with Crippen molar-refractivity contribution in [1.82, 2.24) is 15.5 Å². The molecule has 0 fully saturated rings. The molecule has 0 unspecified atom stereocenters. The molecule has 0 saturated carbocycles. The van der Waals surface area contributed by atoms with Crippen LogP contribution in [0.15, 0.2) is 17.0 Å². The highest BCUT2D eigenvalue weighted by molar-refractivity contribution is 7.93. The van der Waals surface area contributed by atoms with Gasteiger partial charge in [0.25, 0.3) is 10.0 Å². The molecule has 114 valence electrons. The highest BCUT2D eigenvalue weighted by Gasteiger charge is 2.23. The van der Waals surface area contributed by atoms with Gasteiger partial charge in [0, 0.05) is 17.1 Å². The van der Waals surface area contributed by atoms with Crippen LogP contribution in [-0.2, 0) is 16.6 Å². The molecule has 10 heteroatoms. The Labute approximate surface area is 130 Å². The van der Waals surface area contributed by atoms with Gasteiger partial charge in [-0.3, -0.25) is 4.72 Å². The zero-order valence-corrected chi connectivity index (χ0v) is 13.5. The van der Waals surface area contributed by atoms with Crippen LogP contribution in [0.25, 0.3) is 0 Å². The molecule has 0 aliphatic heterocycles. The van der Waals surface area contributed by atoms with Gasteiger partial charge in [0.05, 0.1) is 0 Å². The van der Waals surface area contributed by atoms with Crippen molar-refractivity contribution in [3.05, 3.63) is 33.5 Å². The Morgan fingerprint density at radius 2 is 2.10 bits per heavy atom. The van der Waals surface area contributed by atoms with E-state index in [2.05, 4.69) is 20.2 Å². The SMILES string of the molecule is CNCc1cc(Cl)cc(S(=O)(=O)Nc2nnc(C)s2)c1F. The van der Waals surface area contributed by atoms with E-state index < -0.39 is 20.7 Å². The zero-order chi connectivity index (χ0) is 15.6. The Balaban J connectivity index is 2.44. The minimum atomic E-state index is -4.12. The van der Waals surface area contributed by atoms with Gasteiger partial charge >= 0.3 is 0 Å². The Hall–Kier alpha value is -1.29. The number of aromatic nitrogens is 2. The molecule has 0 aliphatic carbocycles. The third-order valence-corrected chi connectivity index (χ3v) is 4.92. The molecule has 2 N–H and O–H groups in total. The number of nitrogens with zero attached hydrogens (tertiary/aromatic N) is 2. The molecule has 0 aliphatic rings. The first-order valence-corrected chi connectivity index (χ1v) is 8.46. The molecule has 0 saturated heterocycles. The average Bonchev–Trinajstić information content (AvgIpc) is 2.78. The van der Waals surface area contributed by atoms with Gasteiger partial charge in [-0.25, -0.2) is 12.8 Å². The normalized spacial score (nSPS) is 11.6. The molecule has 2 rings (SSSR count). The molecule has 1 aromatic heterocycles. The smallest absolute Gasteiger partial charge is 0.266 e. The molecule has 0 bridgehead atoms. The number of aryl methyl sites for hydroxylation is 1. The fraction of sp³-hybridized carbons (Fsp3) is 0.273. The number of anilines is 1. The van der Waals surface area contributed by atoms with Gasteiger partial charge in [-0.2, -0.15) is 0 Å². The Bertz CT molecular complexity index is 764. The van der Waals surface area contributed by atoms with Crippen LogP contribution in [0.4, 0.5) is 9.52 Å². The van der Waals surface area contributed by atoms with Gasteiger partial charge in [-0.1, -0.05) is 22.9 Å². The van der Waals surface area contributed by atoms with Crippen LogP contribution in [0.2, 0.25) is 5.02 Å². The van der Waals surface area contributed by atoms with E-state index in [0.29, 0.717) is 5.01 Å². The summed E-state index contributed by atoms with van der Waals surface area (Å²) in [5, 5.41) is 10.9. The van der Waals surface area contributed by atoms with Crippen LogP contribution in [0.5, 0.6) is 0 Å². The molecular weight excluding hydrogens is 339 g/mol.